The van der Waals surface area contributed by atoms with Crippen LogP contribution in [-0.4, -0.2) is 15.4 Å². The van der Waals surface area contributed by atoms with Crippen molar-refractivity contribution >= 4 is 22.6 Å². The number of nitrogens with zero attached hydrogens (tertiary/aromatic N) is 1. The Balaban J connectivity index is 2.48. The molecule has 0 aliphatic carbocycles. The van der Waals surface area contributed by atoms with Gasteiger partial charge in [-0.1, -0.05) is 6.07 Å². The van der Waals surface area contributed by atoms with Gasteiger partial charge in [0.15, 0.2) is 6.23 Å². The molecule has 0 bridgehead atoms. The van der Waals surface area contributed by atoms with Crippen molar-refractivity contribution in [3.8, 4) is 0 Å². The van der Waals surface area contributed by atoms with Gasteiger partial charge in [0.05, 0.1) is 6.54 Å². The van der Waals surface area contributed by atoms with Crippen molar-refractivity contribution in [2.24, 2.45) is 0 Å². The first-order valence-corrected chi connectivity index (χ1v) is 4.68. The highest BCUT2D eigenvalue weighted by molar-refractivity contribution is 14.1. The van der Waals surface area contributed by atoms with E-state index in [2.05, 4.69) is 22.6 Å². The molecule has 0 saturated heterocycles. The van der Waals surface area contributed by atoms with Crippen molar-refractivity contribution in [2.45, 2.75) is 12.8 Å². The number of halogens is 1. The molecule has 0 fully saturated rings. The first kappa shape index (κ1) is 8.43. The number of aliphatic hydroxyl groups is 1. The minimum Gasteiger partial charge on any atom is -0.372 e. The van der Waals surface area contributed by atoms with Crippen LogP contribution in [0, 0.1) is 3.57 Å². The van der Waals surface area contributed by atoms with E-state index in [1.54, 1.807) is 0 Å². The van der Waals surface area contributed by atoms with Gasteiger partial charge in [0.1, 0.15) is 0 Å². The van der Waals surface area contributed by atoms with E-state index in [-0.39, 0.29) is 0 Å². The SMILES string of the molecule is OC1c2cc(I)ccc2CN1O. The maximum absolute atomic E-state index is 9.45. The summed E-state index contributed by atoms with van der Waals surface area (Å²) in [6, 6.07) is 5.78. The third-order valence-corrected chi connectivity index (χ3v) is 2.67. The molecule has 0 amide bonds. The molecule has 1 heterocycles. The van der Waals surface area contributed by atoms with E-state index in [0.717, 1.165) is 19.8 Å². The summed E-state index contributed by atoms with van der Waals surface area (Å²) in [6.45, 7) is 0.410. The molecule has 1 atom stereocenters. The zero-order valence-corrected chi connectivity index (χ0v) is 8.39. The van der Waals surface area contributed by atoms with Crippen LogP contribution in [0.5, 0.6) is 0 Å². The average molecular weight is 277 g/mol. The minimum absolute atomic E-state index is 0.410. The second-order valence-corrected chi connectivity index (χ2v) is 4.06. The molecule has 3 nitrogen and oxygen atoms in total. The summed E-state index contributed by atoms with van der Waals surface area (Å²) in [5.41, 5.74) is 1.80. The van der Waals surface area contributed by atoms with Crippen LogP contribution in [0.2, 0.25) is 0 Å². The molecule has 0 radical (unpaired) electrons. The Bertz CT molecular complexity index is 316. The van der Waals surface area contributed by atoms with Crippen molar-refractivity contribution in [1.29, 1.82) is 0 Å². The van der Waals surface area contributed by atoms with Gasteiger partial charge in [-0.2, -0.15) is 5.06 Å². The first-order valence-electron chi connectivity index (χ1n) is 3.60. The lowest BCUT2D eigenvalue weighted by Crippen LogP contribution is -2.16. The van der Waals surface area contributed by atoms with Crippen LogP contribution in [0.15, 0.2) is 18.2 Å². The van der Waals surface area contributed by atoms with Gasteiger partial charge < -0.3 is 10.3 Å². The third-order valence-electron chi connectivity index (χ3n) is 2.00. The van der Waals surface area contributed by atoms with Crippen LogP contribution in [0.3, 0.4) is 0 Å². The Labute approximate surface area is 83.7 Å². The molecule has 1 aliphatic heterocycles. The number of hydrogen-bond donors (Lipinski definition) is 2. The van der Waals surface area contributed by atoms with Crippen molar-refractivity contribution < 1.29 is 10.3 Å². The summed E-state index contributed by atoms with van der Waals surface area (Å²) in [6.07, 6.45) is -0.852. The van der Waals surface area contributed by atoms with Gasteiger partial charge in [-0.25, -0.2) is 0 Å². The van der Waals surface area contributed by atoms with Gasteiger partial charge in [0.2, 0.25) is 0 Å². The Kier molecular flexibility index (Phi) is 2.07. The Morgan fingerprint density at radius 3 is 3.00 bits per heavy atom. The highest BCUT2D eigenvalue weighted by Crippen LogP contribution is 2.30. The fourth-order valence-corrected chi connectivity index (χ4v) is 1.89. The fraction of sp³-hybridized carbons (Fsp3) is 0.250. The fourth-order valence-electron chi connectivity index (χ4n) is 1.37. The van der Waals surface area contributed by atoms with E-state index < -0.39 is 6.23 Å². The lowest BCUT2D eigenvalue weighted by molar-refractivity contribution is -0.194. The first-order chi connectivity index (χ1) is 5.68. The van der Waals surface area contributed by atoms with E-state index in [1.165, 1.54) is 0 Å². The van der Waals surface area contributed by atoms with Gasteiger partial charge in [-0.05, 0) is 40.3 Å². The van der Waals surface area contributed by atoms with Crippen LogP contribution >= 0.6 is 22.6 Å². The quantitative estimate of drug-likeness (QED) is 0.706. The van der Waals surface area contributed by atoms with Crippen molar-refractivity contribution in [3.63, 3.8) is 0 Å². The normalized spacial score (nSPS) is 22.8. The maximum atomic E-state index is 9.45. The van der Waals surface area contributed by atoms with Gasteiger partial charge in [-0.3, -0.25) is 0 Å². The number of rotatable bonds is 0. The highest BCUT2D eigenvalue weighted by atomic mass is 127. The number of benzene rings is 1. The van der Waals surface area contributed by atoms with E-state index in [4.69, 9.17) is 0 Å². The molecule has 0 saturated carbocycles. The number of aliphatic hydroxyl groups excluding tert-OH is 1. The lowest BCUT2D eigenvalue weighted by Gasteiger charge is -2.10. The molecule has 1 aromatic rings. The maximum Gasteiger partial charge on any atom is 0.156 e. The molecule has 12 heavy (non-hydrogen) atoms. The summed E-state index contributed by atoms with van der Waals surface area (Å²) in [4.78, 5) is 0. The predicted octanol–water partition coefficient (Wildman–Crippen LogP) is 1.49. The topological polar surface area (TPSA) is 43.7 Å². The third kappa shape index (κ3) is 1.24. The monoisotopic (exact) mass is 277 g/mol. The Hall–Kier alpha value is -0.170. The average Bonchev–Trinajstić information content (AvgIpc) is 2.31. The summed E-state index contributed by atoms with van der Waals surface area (Å²) in [5.74, 6) is 0. The number of hydrogen-bond acceptors (Lipinski definition) is 3. The van der Waals surface area contributed by atoms with E-state index in [9.17, 15) is 10.3 Å². The highest BCUT2D eigenvalue weighted by Gasteiger charge is 2.26. The van der Waals surface area contributed by atoms with Gasteiger partial charge in [-0.15, -0.1) is 0 Å². The van der Waals surface area contributed by atoms with Crippen LogP contribution in [0.4, 0.5) is 0 Å². The summed E-state index contributed by atoms with van der Waals surface area (Å²) < 4.78 is 1.07. The van der Waals surface area contributed by atoms with Crippen molar-refractivity contribution in [2.75, 3.05) is 0 Å². The zero-order valence-electron chi connectivity index (χ0n) is 6.24. The predicted molar refractivity (Wildman–Crippen MR) is 51.4 cm³/mol. The zero-order chi connectivity index (χ0) is 8.72. The second-order valence-electron chi connectivity index (χ2n) is 2.81. The molecule has 1 aliphatic rings. The molecule has 0 spiro atoms. The minimum atomic E-state index is -0.852. The largest absolute Gasteiger partial charge is 0.372 e. The van der Waals surface area contributed by atoms with Crippen molar-refractivity contribution in [1.82, 2.24) is 5.06 Å². The van der Waals surface area contributed by atoms with E-state index in [0.29, 0.717) is 6.54 Å². The molecule has 64 valence electrons. The second kappa shape index (κ2) is 2.95. The summed E-state index contributed by atoms with van der Waals surface area (Å²) in [7, 11) is 0. The molecule has 2 rings (SSSR count). The number of hydroxylamine groups is 2. The molecule has 2 N–H and O–H groups in total. The van der Waals surface area contributed by atoms with Gasteiger partial charge in [0.25, 0.3) is 0 Å². The standard InChI is InChI=1S/C8H8INO2/c9-6-2-1-5-4-10(12)8(11)7(5)3-6/h1-3,8,11-12H,4H2. The van der Waals surface area contributed by atoms with Crippen LogP contribution in [0.25, 0.3) is 0 Å². The Morgan fingerprint density at radius 2 is 2.25 bits per heavy atom. The van der Waals surface area contributed by atoms with E-state index in [1.807, 2.05) is 18.2 Å². The summed E-state index contributed by atoms with van der Waals surface area (Å²) in [5, 5.41) is 19.6. The Morgan fingerprint density at radius 1 is 1.50 bits per heavy atom. The van der Waals surface area contributed by atoms with Crippen molar-refractivity contribution in [3.05, 3.63) is 32.9 Å². The summed E-state index contributed by atoms with van der Waals surface area (Å²) >= 11 is 2.18. The molecular formula is C8H8INO2. The van der Waals surface area contributed by atoms with Crippen LogP contribution in [0.1, 0.15) is 17.4 Å². The molecule has 0 aromatic heterocycles. The van der Waals surface area contributed by atoms with Gasteiger partial charge in [0, 0.05) is 9.13 Å². The molecule has 4 heteroatoms. The smallest absolute Gasteiger partial charge is 0.156 e. The molecule has 1 unspecified atom stereocenters. The lowest BCUT2D eigenvalue weighted by atomic mass is 10.1. The van der Waals surface area contributed by atoms with Crippen LogP contribution < -0.4 is 0 Å². The number of fused-ring (bicyclic) bond motifs is 1. The van der Waals surface area contributed by atoms with E-state index >= 15 is 0 Å². The van der Waals surface area contributed by atoms with Gasteiger partial charge >= 0.3 is 0 Å². The molecule has 1 aromatic carbocycles. The molecular weight excluding hydrogens is 269 g/mol. The van der Waals surface area contributed by atoms with Crippen LogP contribution in [-0.2, 0) is 6.54 Å².